The summed E-state index contributed by atoms with van der Waals surface area (Å²) in [5.74, 6) is 1.57. The van der Waals surface area contributed by atoms with E-state index in [4.69, 9.17) is 16.0 Å². The van der Waals surface area contributed by atoms with Crippen LogP contribution >= 0.6 is 27.5 Å². The lowest BCUT2D eigenvalue weighted by molar-refractivity contribution is 0.432. The molecule has 1 atom stereocenters. The van der Waals surface area contributed by atoms with Crippen LogP contribution in [0.2, 0.25) is 5.02 Å². The third-order valence-corrected chi connectivity index (χ3v) is 3.88. The van der Waals surface area contributed by atoms with Gasteiger partial charge in [-0.25, -0.2) is 4.98 Å². The highest BCUT2D eigenvalue weighted by molar-refractivity contribution is 9.10. The van der Waals surface area contributed by atoms with Gasteiger partial charge < -0.3 is 9.73 Å². The Morgan fingerprint density at radius 2 is 2.16 bits per heavy atom. The lowest BCUT2D eigenvalue weighted by Crippen LogP contribution is -2.18. The SMILES string of the molecule is Cc1nc(CNC(C)c2ccc(Br)cc2Cl)oc1C. The summed E-state index contributed by atoms with van der Waals surface area (Å²) in [6, 6.07) is 6.02. The van der Waals surface area contributed by atoms with Crippen LogP contribution in [0.25, 0.3) is 0 Å². The van der Waals surface area contributed by atoms with Crippen molar-refractivity contribution in [1.82, 2.24) is 10.3 Å². The number of hydrogen-bond donors (Lipinski definition) is 1. The molecule has 1 aromatic heterocycles. The number of rotatable bonds is 4. The molecule has 0 bridgehead atoms. The fourth-order valence-corrected chi connectivity index (χ4v) is 2.65. The maximum absolute atomic E-state index is 6.23. The van der Waals surface area contributed by atoms with Crippen LogP contribution in [0.5, 0.6) is 0 Å². The van der Waals surface area contributed by atoms with Gasteiger partial charge in [0.15, 0.2) is 0 Å². The predicted molar refractivity (Wildman–Crippen MR) is 80.4 cm³/mol. The molecule has 1 unspecified atom stereocenters. The van der Waals surface area contributed by atoms with Crippen molar-refractivity contribution in [2.45, 2.75) is 33.4 Å². The summed E-state index contributed by atoms with van der Waals surface area (Å²) >= 11 is 9.63. The zero-order chi connectivity index (χ0) is 14.0. The van der Waals surface area contributed by atoms with Crippen LogP contribution in [0.15, 0.2) is 27.1 Å². The molecular weight excluding hydrogens is 328 g/mol. The topological polar surface area (TPSA) is 38.1 Å². The Balaban J connectivity index is 2.03. The van der Waals surface area contributed by atoms with Gasteiger partial charge in [0.05, 0.1) is 12.2 Å². The smallest absolute Gasteiger partial charge is 0.208 e. The number of oxazole rings is 1. The van der Waals surface area contributed by atoms with Crippen molar-refractivity contribution in [3.8, 4) is 0 Å². The molecule has 0 aliphatic heterocycles. The number of halogens is 2. The van der Waals surface area contributed by atoms with Crippen molar-refractivity contribution < 1.29 is 4.42 Å². The molecule has 0 aliphatic carbocycles. The number of aryl methyl sites for hydroxylation is 2. The Morgan fingerprint density at radius 3 is 2.74 bits per heavy atom. The van der Waals surface area contributed by atoms with Crippen LogP contribution in [0.4, 0.5) is 0 Å². The molecule has 0 aliphatic rings. The van der Waals surface area contributed by atoms with Crippen LogP contribution < -0.4 is 5.32 Å². The van der Waals surface area contributed by atoms with E-state index in [1.165, 1.54) is 0 Å². The normalized spacial score (nSPS) is 12.7. The van der Waals surface area contributed by atoms with Gasteiger partial charge in [0, 0.05) is 15.5 Å². The maximum atomic E-state index is 6.23. The van der Waals surface area contributed by atoms with E-state index < -0.39 is 0 Å². The Labute approximate surface area is 126 Å². The highest BCUT2D eigenvalue weighted by Crippen LogP contribution is 2.26. The first kappa shape index (κ1) is 14.6. The van der Waals surface area contributed by atoms with Crippen molar-refractivity contribution >= 4 is 27.5 Å². The Kier molecular flexibility index (Phi) is 4.66. The Hall–Kier alpha value is -0.840. The van der Waals surface area contributed by atoms with Crippen molar-refractivity contribution in [2.75, 3.05) is 0 Å². The highest BCUT2D eigenvalue weighted by Gasteiger charge is 2.11. The standard InChI is InChI=1S/C14H16BrClN2O/c1-8-10(3)19-14(18-8)7-17-9(2)12-5-4-11(15)6-13(12)16/h4-6,9,17H,7H2,1-3H3. The lowest BCUT2D eigenvalue weighted by Gasteiger charge is -2.14. The van der Waals surface area contributed by atoms with E-state index in [1.54, 1.807) is 0 Å². The monoisotopic (exact) mass is 342 g/mol. The summed E-state index contributed by atoms with van der Waals surface area (Å²) in [6.07, 6.45) is 0. The van der Waals surface area contributed by atoms with E-state index >= 15 is 0 Å². The fourth-order valence-electron chi connectivity index (χ4n) is 1.82. The Bertz CT molecular complexity index is 563. The number of benzene rings is 1. The predicted octanol–water partition coefficient (Wildman–Crippen LogP) is 4.56. The van der Waals surface area contributed by atoms with Gasteiger partial charge in [-0.1, -0.05) is 33.6 Å². The average Bonchev–Trinajstić information content (AvgIpc) is 2.66. The van der Waals surface area contributed by atoms with E-state index in [1.807, 2.05) is 32.0 Å². The van der Waals surface area contributed by atoms with E-state index in [2.05, 4.69) is 33.2 Å². The highest BCUT2D eigenvalue weighted by atomic mass is 79.9. The molecule has 1 heterocycles. The van der Waals surface area contributed by atoms with Gasteiger partial charge in [-0.15, -0.1) is 0 Å². The van der Waals surface area contributed by atoms with Crippen molar-refractivity contribution in [1.29, 1.82) is 0 Å². The van der Waals surface area contributed by atoms with Crippen LogP contribution in [0.3, 0.4) is 0 Å². The molecule has 19 heavy (non-hydrogen) atoms. The largest absolute Gasteiger partial charge is 0.444 e. The molecular formula is C14H16BrClN2O. The second-order valence-electron chi connectivity index (χ2n) is 4.52. The number of nitrogens with zero attached hydrogens (tertiary/aromatic N) is 1. The van der Waals surface area contributed by atoms with E-state index in [-0.39, 0.29) is 6.04 Å². The zero-order valence-corrected chi connectivity index (χ0v) is 13.5. The summed E-state index contributed by atoms with van der Waals surface area (Å²) in [5.41, 5.74) is 2.00. The molecule has 5 heteroatoms. The van der Waals surface area contributed by atoms with Gasteiger partial charge in [-0.3, -0.25) is 0 Å². The molecule has 1 aromatic carbocycles. The van der Waals surface area contributed by atoms with Gasteiger partial charge in [0.25, 0.3) is 0 Å². The molecule has 0 spiro atoms. The van der Waals surface area contributed by atoms with Gasteiger partial charge in [-0.2, -0.15) is 0 Å². The van der Waals surface area contributed by atoms with Crippen LogP contribution in [0.1, 0.15) is 35.9 Å². The molecule has 3 nitrogen and oxygen atoms in total. The van der Waals surface area contributed by atoms with Crippen LogP contribution in [-0.2, 0) is 6.54 Å². The van der Waals surface area contributed by atoms with Gasteiger partial charge in [0.1, 0.15) is 5.76 Å². The second-order valence-corrected chi connectivity index (χ2v) is 5.84. The third kappa shape index (κ3) is 3.59. The quantitative estimate of drug-likeness (QED) is 0.884. The van der Waals surface area contributed by atoms with Crippen LogP contribution in [-0.4, -0.2) is 4.98 Å². The van der Waals surface area contributed by atoms with Crippen molar-refractivity contribution in [3.05, 3.63) is 50.6 Å². The minimum Gasteiger partial charge on any atom is -0.444 e. The summed E-state index contributed by atoms with van der Waals surface area (Å²) < 4.78 is 6.51. The molecule has 1 N–H and O–H groups in total. The first-order valence-corrected chi connectivity index (χ1v) is 7.25. The summed E-state index contributed by atoms with van der Waals surface area (Å²) in [4.78, 5) is 4.34. The minimum absolute atomic E-state index is 0.133. The van der Waals surface area contributed by atoms with Gasteiger partial charge in [0.2, 0.25) is 5.89 Å². The van der Waals surface area contributed by atoms with Crippen molar-refractivity contribution in [2.24, 2.45) is 0 Å². The minimum atomic E-state index is 0.133. The zero-order valence-electron chi connectivity index (χ0n) is 11.1. The summed E-state index contributed by atoms with van der Waals surface area (Å²) in [6.45, 7) is 6.51. The van der Waals surface area contributed by atoms with Crippen molar-refractivity contribution in [3.63, 3.8) is 0 Å². The van der Waals surface area contributed by atoms with Gasteiger partial charge >= 0.3 is 0 Å². The molecule has 102 valence electrons. The van der Waals surface area contributed by atoms with E-state index in [0.717, 1.165) is 26.5 Å². The molecule has 0 saturated heterocycles. The average molecular weight is 344 g/mol. The van der Waals surface area contributed by atoms with E-state index in [9.17, 15) is 0 Å². The summed E-state index contributed by atoms with van der Waals surface area (Å²) in [7, 11) is 0. The first-order chi connectivity index (χ1) is 8.97. The maximum Gasteiger partial charge on any atom is 0.208 e. The van der Waals surface area contributed by atoms with Crippen LogP contribution in [0, 0.1) is 13.8 Å². The number of nitrogens with one attached hydrogen (secondary N) is 1. The molecule has 0 saturated carbocycles. The third-order valence-electron chi connectivity index (χ3n) is 3.06. The molecule has 2 aromatic rings. The van der Waals surface area contributed by atoms with Gasteiger partial charge in [-0.05, 0) is 38.5 Å². The fraction of sp³-hybridized carbons (Fsp3) is 0.357. The van der Waals surface area contributed by atoms with E-state index in [0.29, 0.717) is 12.4 Å². The molecule has 0 amide bonds. The number of aromatic nitrogens is 1. The summed E-state index contributed by atoms with van der Waals surface area (Å²) in [5, 5.41) is 4.10. The molecule has 0 radical (unpaired) electrons. The Morgan fingerprint density at radius 1 is 1.42 bits per heavy atom. The molecule has 0 fully saturated rings. The lowest BCUT2D eigenvalue weighted by atomic mass is 10.1. The first-order valence-electron chi connectivity index (χ1n) is 6.08. The molecule has 2 rings (SSSR count). The number of hydrogen-bond acceptors (Lipinski definition) is 3. The second kappa shape index (κ2) is 6.07.